The lowest BCUT2D eigenvalue weighted by atomic mass is 10.2. The fourth-order valence-corrected chi connectivity index (χ4v) is 3.28. The van der Waals surface area contributed by atoms with Crippen LogP contribution in [0.3, 0.4) is 0 Å². The Bertz CT molecular complexity index is 681. The molecule has 0 spiro atoms. The predicted octanol–water partition coefficient (Wildman–Crippen LogP) is 3.92. The number of benzene rings is 1. The average molecular weight is 274 g/mol. The van der Waals surface area contributed by atoms with Gasteiger partial charge in [0.05, 0.1) is 4.88 Å². The van der Waals surface area contributed by atoms with Crippen molar-refractivity contribution < 1.29 is 4.79 Å². The summed E-state index contributed by atoms with van der Waals surface area (Å²) in [5, 5.41) is 4.57. The minimum Gasteiger partial charge on any atom is -0.297 e. The van der Waals surface area contributed by atoms with E-state index in [0.717, 1.165) is 15.0 Å². The summed E-state index contributed by atoms with van der Waals surface area (Å²) in [6.07, 6.45) is 1.76. The van der Waals surface area contributed by atoms with Crippen molar-refractivity contribution in [1.29, 1.82) is 0 Å². The number of aromatic nitrogens is 1. The molecule has 0 radical (unpaired) electrons. The van der Waals surface area contributed by atoms with Crippen LogP contribution in [0.15, 0.2) is 36.5 Å². The predicted molar refractivity (Wildman–Crippen MR) is 76.6 cm³/mol. The number of nitrogens with zero attached hydrogens (tertiary/aromatic N) is 1. The molecule has 0 atom stereocenters. The van der Waals surface area contributed by atoms with Crippen molar-refractivity contribution in [3.8, 4) is 0 Å². The monoisotopic (exact) mass is 274 g/mol. The van der Waals surface area contributed by atoms with E-state index in [0.29, 0.717) is 10.0 Å². The summed E-state index contributed by atoms with van der Waals surface area (Å²) in [5.41, 5.74) is 0. The second-order valence-corrected chi connectivity index (χ2v) is 6.20. The number of carbonyl (C=O) groups excluding carboxylic acids is 1. The van der Waals surface area contributed by atoms with Crippen molar-refractivity contribution in [3.05, 3.63) is 46.3 Å². The molecule has 0 bridgehead atoms. The van der Waals surface area contributed by atoms with Gasteiger partial charge in [-0.3, -0.25) is 10.1 Å². The molecule has 0 aliphatic rings. The first-order valence-electron chi connectivity index (χ1n) is 5.45. The van der Waals surface area contributed by atoms with Gasteiger partial charge in [-0.25, -0.2) is 4.98 Å². The van der Waals surface area contributed by atoms with Gasteiger partial charge < -0.3 is 0 Å². The number of aryl methyl sites for hydroxylation is 1. The molecular formula is C13H10N2OS2. The Morgan fingerprint density at radius 1 is 1.28 bits per heavy atom. The van der Waals surface area contributed by atoms with Crippen molar-refractivity contribution in [2.45, 2.75) is 6.92 Å². The van der Waals surface area contributed by atoms with Crippen molar-refractivity contribution >= 4 is 43.8 Å². The second kappa shape index (κ2) is 4.51. The molecule has 1 amide bonds. The molecule has 0 fully saturated rings. The van der Waals surface area contributed by atoms with Crippen molar-refractivity contribution in [2.75, 3.05) is 5.32 Å². The molecule has 0 saturated heterocycles. The molecule has 3 aromatic rings. The fourth-order valence-electron chi connectivity index (χ4n) is 1.67. The lowest BCUT2D eigenvalue weighted by molar-refractivity contribution is 0.103. The molecule has 0 unspecified atom stereocenters. The highest BCUT2D eigenvalue weighted by molar-refractivity contribution is 7.21. The fraction of sp³-hybridized carbons (Fsp3) is 0.0769. The van der Waals surface area contributed by atoms with Gasteiger partial charge in [-0.2, -0.15) is 0 Å². The number of thiazole rings is 1. The molecule has 1 aromatic carbocycles. The highest BCUT2D eigenvalue weighted by Crippen LogP contribution is 2.26. The Morgan fingerprint density at radius 3 is 2.83 bits per heavy atom. The van der Waals surface area contributed by atoms with Crippen LogP contribution in [0, 0.1) is 6.92 Å². The molecule has 0 aliphatic heterocycles. The summed E-state index contributed by atoms with van der Waals surface area (Å²) in [5.74, 6) is -0.0921. The first kappa shape index (κ1) is 11.4. The lowest BCUT2D eigenvalue weighted by Crippen LogP contribution is -2.09. The molecule has 1 N–H and O–H groups in total. The van der Waals surface area contributed by atoms with Gasteiger partial charge in [0, 0.05) is 15.8 Å². The second-order valence-electron chi connectivity index (χ2n) is 3.88. The Hall–Kier alpha value is -1.72. The first-order chi connectivity index (χ1) is 8.72. The van der Waals surface area contributed by atoms with E-state index in [1.807, 2.05) is 37.3 Å². The highest BCUT2D eigenvalue weighted by Gasteiger charge is 2.11. The van der Waals surface area contributed by atoms with E-state index in [1.54, 1.807) is 6.20 Å². The van der Waals surface area contributed by atoms with Gasteiger partial charge in [-0.15, -0.1) is 22.7 Å². The van der Waals surface area contributed by atoms with E-state index in [4.69, 9.17) is 0 Å². The standard InChI is InChI=1S/C13H10N2OS2/c1-8-7-14-13(17-8)15-12(16)11-6-9-4-2-3-5-10(9)18-11/h2-7H,1H3,(H,14,15,16). The van der Waals surface area contributed by atoms with Crippen LogP contribution < -0.4 is 5.32 Å². The Kier molecular flexibility index (Phi) is 2.85. The topological polar surface area (TPSA) is 42.0 Å². The molecule has 2 aromatic heterocycles. The van der Waals surface area contributed by atoms with Gasteiger partial charge in [-0.1, -0.05) is 18.2 Å². The van der Waals surface area contributed by atoms with Gasteiger partial charge >= 0.3 is 0 Å². The quantitative estimate of drug-likeness (QED) is 0.769. The minimum absolute atomic E-state index is 0.0921. The summed E-state index contributed by atoms with van der Waals surface area (Å²) >= 11 is 2.98. The first-order valence-corrected chi connectivity index (χ1v) is 7.08. The Labute approximate surface area is 112 Å². The third-order valence-corrected chi connectivity index (χ3v) is 4.43. The highest BCUT2D eigenvalue weighted by atomic mass is 32.1. The van der Waals surface area contributed by atoms with Crippen molar-refractivity contribution in [2.24, 2.45) is 0 Å². The van der Waals surface area contributed by atoms with Gasteiger partial charge in [0.15, 0.2) is 5.13 Å². The van der Waals surface area contributed by atoms with Crippen molar-refractivity contribution in [3.63, 3.8) is 0 Å². The van der Waals surface area contributed by atoms with Crippen LogP contribution in [-0.2, 0) is 0 Å². The van der Waals surface area contributed by atoms with Crippen LogP contribution in [-0.4, -0.2) is 10.9 Å². The maximum atomic E-state index is 12.1. The van der Waals surface area contributed by atoms with Crippen LogP contribution in [0.5, 0.6) is 0 Å². The molecule has 0 aliphatic carbocycles. The van der Waals surface area contributed by atoms with E-state index < -0.39 is 0 Å². The number of fused-ring (bicyclic) bond motifs is 1. The van der Waals surface area contributed by atoms with Crippen LogP contribution in [0.1, 0.15) is 14.5 Å². The van der Waals surface area contributed by atoms with E-state index in [1.165, 1.54) is 22.7 Å². The molecule has 18 heavy (non-hydrogen) atoms. The van der Waals surface area contributed by atoms with Crippen LogP contribution >= 0.6 is 22.7 Å². The van der Waals surface area contributed by atoms with E-state index in [-0.39, 0.29) is 5.91 Å². The maximum absolute atomic E-state index is 12.1. The normalized spacial score (nSPS) is 10.7. The third-order valence-electron chi connectivity index (χ3n) is 2.49. The zero-order valence-corrected chi connectivity index (χ0v) is 11.3. The molecule has 3 rings (SSSR count). The zero-order chi connectivity index (χ0) is 12.5. The molecule has 3 nitrogen and oxygen atoms in total. The van der Waals surface area contributed by atoms with Gasteiger partial charge in [-0.05, 0) is 24.4 Å². The summed E-state index contributed by atoms with van der Waals surface area (Å²) in [6.45, 7) is 1.97. The maximum Gasteiger partial charge on any atom is 0.267 e. The molecular weight excluding hydrogens is 264 g/mol. The van der Waals surface area contributed by atoms with E-state index >= 15 is 0 Å². The number of hydrogen-bond acceptors (Lipinski definition) is 4. The van der Waals surface area contributed by atoms with Crippen molar-refractivity contribution in [1.82, 2.24) is 4.98 Å². The molecule has 5 heteroatoms. The average Bonchev–Trinajstić information content (AvgIpc) is 2.95. The number of anilines is 1. The number of nitrogens with one attached hydrogen (secondary N) is 1. The van der Waals surface area contributed by atoms with Crippen LogP contribution in [0.25, 0.3) is 10.1 Å². The Balaban J connectivity index is 1.87. The molecule has 0 saturated carbocycles. The lowest BCUT2D eigenvalue weighted by Gasteiger charge is -1.96. The van der Waals surface area contributed by atoms with Crippen LogP contribution in [0.4, 0.5) is 5.13 Å². The van der Waals surface area contributed by atoms with Gasteiger partial charge in [0.2, 0.25) is 0 Å². The third kappa shape index (κ3) is 2.14. The molecule has 2 heterocycles. The summed E-state index contributed by atoms with van der Waals surface area (Å²) in [6, 6.07) is 9.89. The SMILES string of the molecule is Cc1cnc(NC(=O)c2cc3ccccc3s2)s1. The number of carbonyl (C=O) groups is 1. The van der Waals surface area contributed by atoms with E-state index in [9.17, 15) is 4.79 Å². The van der Waals surface area contributed by atoms with Gasteiger partial charge in [0.1, 0.15) is 0 Å². The largest absolute Gasteiger partial charge is 0.297 e. The Morgan fingerprint density at radius 2 is 2.11 bits per heavy atom. The summed E-state index contributed by atoms with van der Waals surface area (Å²) in [7, 11) is 0. The molecule has 90 valence electrons. The number of rotatable bonds is 2. The summed E-state index contributed by atoms with van der Waals surface area (Å²) in [4.78, 5) is 18.0. The van der Waals surface area contributed by atoms with Gasteiger partial charge in [0.25, 0.3) is 5.91 Å². The van der Waals surface area contributed by atoms with E-state index in [2.05, 4.69) is 10.3 Å². The number of thiophene rings is 1. The minimum atomic E-state index is -0.0921. The summed E-state index contributed by atoms with van der Waals surface area (Å²) < 4.78 is 1.12. The van der Waals surface area contributed by atoms with Crippen LogP contribution in [0.2, 0.25) is 0 Å². The number of hydrogen-bond donors (Lipinski definition) is 1. The zero-order valence-electron chi connectivity index (χ0n) is 9.64. The smallest absolute Gasteiger partial charge is 0.267 e. The number of amides is 1.